The Balaban J connectivity index is 1.75. The van der Waals surface area contributed by atoms with Crippen LogP contribution in [0.4, 0.5) is 22.0 Å². The maximum Gasteiger partial charge on any atom is 0.573 e. The molecular formula is C19H15F5N2O2. The molecule has 0 saturated carbocycles. The smallest absolute Gasteiger partial charge is 0.406 e. The predicted octanol–water partition coefficient (Wildman–Crippen LogP) is 4.63. The molecule has 1 aromatic heterocycles. The number of ether oxygens (including phenoxy) is 1. The topological polar surface area (TPSA) is 54.1 Å². The number of aryl methyl sites for hydroxylation is 1. The Morgan fingerprint density at radius 1 is 1.18 bits per heavy atom. The van der Waals surface area contributed by atoms with Gasteiger partial charge < -0.3 is 15.0 Å². The minimum atomic E-state index is -4.80. The average molecular weight is 398 g/mol. The number of hydrogen-bond acceptors (Lipinski definition) is 2. The molecule has 3 aromatic rings. The number of H-pyrrole nitrogens is 1. The highest BCUT2D eigenvalue weighted by Crippen LogP contribution is 2.29. The molecule has 0 unspecified atom stereocenters. The Kier molecular flexibility index (Phi) is 5.26. The van der Waals surface area contributed by atoms with Gasteiger partial charge in [0.2, 0.25) is 0 Å². The van der Waals surface area contributed by atoms with Gasteiger partial charge in [-0.15, -0.1) is 13.2 Å². The molecule has 0 aliphatic heterocycles. The Labute approximate surface area is 156 Å². The number of fused-ring (bicyclic) bond motifs is 1. The van der Waals surface area contributed by atoms with E-state index in [1.165, 1.54) is 24.3 Å². The molecule has 9 heteroatoms. The Morgan fingerprint density at radius 3 is 2.64 bits per heavy atom. The number of hydrogen-bond donors (Lipinski definition) is 2. The van der Waals surface area contributed by atoms with Crippen molar-refractivity contribution in [3.05, 3.63) is 64.9 Å². The van der Waals surface area contributed by atoms with Crippen LogP contribution >= 0.6 is 0 Å². The summed E-state index contributed by atoms with van der Waals surface area (Å²) in [4.78, 5) is 15.1. The normalized spacial score (nSPS) is 11.6. The third-order valence-corrected chi connectivity index (χ3v) is 4.18. The van der Waals surface area contributed by atoms with Crippen molar-refractivity contribution >= 4 is 16.8 Å². The fourth-order valence-corrected chi connectivity index (χ4v) is 2.96. The maximum atomic E-state index is 13.7. The van der Waals surface area contributed by atoms with Gasteiger partial charge in [0, 0.05) is 23.1 Å². The van der Waals surface area contributed by atoms with Crippen molar-refractivity contribution in [1.29, 1.82) is 0 Å². The third-order valence-electron chi connectivity index (χ3n) is 4.18. The summed E-state index contributed by atoms with van der Waals surface area (Å²) in [5.41, 5.74) is 1.59. The molecule has 2 aromatic carbocycles. The molecular weight excluding hydrogens is 383 g/mol. The van der Waals surface area contributed by atoms with Gasteiger partial charge in [-0.05, 0) is 49.2 Å². The first-order chi connectivity index (χ1) is 13.2. The molecule has 4 nitrogen and oxygen atoms in total. The van der Waals surface area contributed by atoms with Crippen LogP contribution in [0, 0.1) is 18.6 Å². The van der Waals surface area contributed by atoms with Crippen LogP contribution in [0.5, 0.6) is 5.75 Å². The molecule has 28 heavy (non-hydrogen) atoms. The molecule has 0 saturated heterocycles. The molecule has 0 aliphatic rings. The van der Waals surface area contributed by atoms with Gasteiger partial charge in [-0.25, -0.2) is 8.78 Å². The van der Waals surface area contributed by atoms with Crippen molar-refractivity contribution in [3.63, 3.8) is 0 Å². The van der Waals surface area contributed by atoms with Gasteiger partial charge in [-0.2, -0.15) is 0 Å². The molecule has 0 atom stereocenters. The number of carbonyl (C=O) groups is 1. The fraction of sp³-hybridized carbons (Fsp3) is 0.211. The van der Waals surface area contributed by atoms with Crippen molar-refractivity contribution in [1.82, 2.24) is 10.3 Å². The van der Waals surface area contributed by atoms with Crippen molar-refractivity contribution in [2.24, 2.45) is 0 Å². The molecule has 1 amide bonds. The van der Waals surface area contributed by atoms with Gasteiger partial charge in [0.15, 0.2) is 11.6 Å². The lowest BCUT2D eigenvalue weighted by molar-refractivity contribution is -0.274. The highest BCUT2D eigenvalue weighted by Gasteiger charge is 2.31. The summed E-state index contributed by atoms with van der Waals surface area (Å²) in [6.45, 7) is 1.82. The van der Waals surface area contributed by atoms with Gasteiger partial charge >= 0.3 is 6.36 Å². The van der Waals surface area contributed by atoms with Crippen LogP contribution in [0.25, 0.3) is 10.9 Å². The molecule has 1 heterocycles. The van der Waals surface area contributed by atoms with Gasteiger partial charge in [-0.1, -0.05) is 6.07 Å². The lowest BCUT2D eigenvalue weighted by atomic mass is 10.1. The third kappa shape index (κ3) is 4.24. The SMILES string of the molecule is Cc1[nH]c2ccc(OC(F)(F)F)cc2c1CCNC(=O)c1cccc(F)c1F. The first-order valence-electron chi connectivity index (χ1n) is 8.25. The maximum absolute atomic E-state index is 13.7. The van der Waals surface area contributed by atoms with E-state index in [1.54, 1.807) is 6.92 Å². The quantitative estimate of drug-likeness (QED) is 0.616. The van der Waals surface area contributed by atoms with Crippen LogP contribution in [-0.4, -0.2) is 23.8 Å². The van der Waals surface area contributed by atoms with Crippen LogP contribution in [0.3, 0.4) is 0 Å². The first-order valence-corrected chi connectivity index (χ1v) is 8.25. The summed E-state index contributed by atoms with van der Waals surface area (Å²) in [6, 6.07) is 7.21. The Bertz CT molecular complexity index is 1030. The molecule has 2 N–H and O–H groups in total. The number of halogens is 5. The van der Waals surface area contributed by atoms with Crippen LogP contribution in [-0.2, 0) is 6.42 Å². The monoisotopic (exact) mass is 398 g/mol. The van der Waals surface area contributed by atoms with Gasteiger partial charge in [0.05, 0.1) is 5.56 Å². The number of carbonyl (C=O) groups excluding carboxylic acids is 1. The summed E-state index contributed by atoms with van der Waals surface area (Å²) in [7, 11) is 0. The molecule has 148 valence electrons. The summed E-state index contributed by atoms with van der Waals surface area (Å²) in [5.74, 6) is -3.50. The molecule has 0 spiro atoms. The average Bonchev–Trinajstić information content (AvgIpc) is 2.91. The zero-order valence-electron chi connectivity index (χ0n) is 14.6. The molecule has 3 rings (SSSR count). The first kappa shape index (κ1) is 19.7. The van der Waals surface area contributed by atoms with E-state index in [-0.39, 0.29) is 18.7 Å². The zero-order chi connectivity index (χ0) is 20.5. The second kappa shape index (κ2) is 7.49. The second-order valence-corrected chi connectivity index (χ2v) is 6.09. The minimum Gasteiger partial charge on any atom is -0.406 e. The van der Waals surface area contributed by atoms with E-state index in [0.717, 1.165) is 12.1 Å². The fourth-order valence-electron chi connectivity index (χ4n) is 2.96. The lowest BCUT2D eigenvalue weighted by Crippen LogP contribution is -2.27. The summed E-state index contributed by atoms with van der Waals surface area (Å²) < 4.78 is 68.1. The number of amides is 1. The summed E-state index contributed by atoms with van der Waals surface area (Å²) in [6.07, 6.45) is -4.54. The Hall–Kier alpha value is -3.10. The molecule has 0 fully saturated rings. The van der Waals surface area contributed by atoms with Crippen molar-refractivity contribution in [2.45, 2.75) is 19.7 Å². The number of alkyl halides is 3. The van der Waals surface area contributed by atoms with Crippen LogP contribution < -0.4 is 10.1 Å². The van der Waals surface area contributed by atoms with Gasteiger partial charge in [0.1, 0.15) is 5.75 Å². The number of nitrogens with one attached hydrogen (secondary N) is 2. The van der Waals surface area contributed by atoms with Crippen LogP contribution in [0.15, 0.2) is 36.4 Å². The van der Waals surface area contributed by atoms with E-state index in [1.807, 2.05) is 0 Å². The van der Waals surface area contributed by atoms with Crippen molar-refractivity contribution in [3.8, 4) is 5.75 Å². The van der Waals surface area contributed by atoms with E-state index >= 15 is 0 Å². The van der Waals surface area contributed by atoms with E-state index in [2.05, 4.69) is 15.0 Å². The van der Waals surface area contributed by atoms with Gasteiger partial charge in [-0.3, -0.25) is 4.79 Å². The lowest BCUT2D eigenvalue weighted by Gasteiger charge is -2.09. The van der Waals surface area contributed by atoms with E-state index in [9.17, 15) is 26.7 Å². The van der Waals surface area contributed by atoms with Crippen LogP contribution in [0.2, 0.25) is 0 Å². The summed E-state index contributed by atoms with van der Waals surface area (Å²) >= 11 is 0. The second-order valence-electron chi connectivity index (χ2n) is 6.09. The number of aromatic amines is 1. The minimum absolute atomic E-state index is 0.0763. The van der Waals surface area contributed by atoms with Crippen LogP contribution in [0.1, 0.15) is 21.6 Å². The predicted molar refractivity (Wildman–Crippen MR) is 92.1 cm³/mol. The van der Waals surface area contributed by atoms with Crippen molar-refractivity contribution < 1.29 is 31.5 Å². The zero-order valence-corrected chi connectivity index (χ0v) is 14.6. The highest BCUT2D eigenvalue weighted by molar-refractivity contribution is 5.94. The molecule has 0 bridgehead atoms. The molecule has 0 aliphatic carbocycles. The number of benzene rings is 2. The Morgan fingerprint density at radius 2 is 1.93 bits per heavy atom. The largest absolute Gasteiger partial charge is 0.573 e. The number of aromatic nitrogens is 1. The summed E-state index contributed by atoms with van der Waals surface area (Å²) in [5, 5.41) is 3.00. The molecule has 0 radical (unpaired) electrons. The highest BCUT2D eigenvalue weighted by atomic mass is 19.4. The number of rotatable bonds is 5. The van der Waals surface area contributed by atoms with E-state index in [4.69, 9.17) is 0 Å². The van der Waals surface area contributed by atoms with Crippen molar-refractivity contribution in [2.75, 3.05) is 6.54 Å². The van der Waals surface area contributed by atoms with E-state index < -0.39 is 29.5 Å². The van der Waals surface area contributed by atoms with E-state index in [0.29, 0.717) is 22.2 Å². The standard InChI is InChI=1S/C19H15F5N2O2/c1-10-12(7-8-25-18(27)13-3-2-4-15(20)17(13)21)14-9-11(28-19(22,23)24)5-6-16(14)26-10/h2-6,9,26H,7-8H2,1H3,(H,25,27). The van der Waals surface area contributed by atoms with Gasteiger partial charge in [0.25, 0.3) is 5.91 Å².